The van der Waals surface area contributed by atoms with E-state index in [9.17, 15) is 14.4 Å². The molecule has 6 heteroatoms. The van der Waals surface area contributed by atoms with Crippen molar-refractivity contribution in [1.82, 2.24) is 5.32 Å². The summed E-state index contributed by atoms with van der Waals surface area (Å²) in [7, 11) is 0. The fraction of sp³-hybridized carbons (Fsp3) is 0.591. The highest BCUT2D eigenvalue weighted by molar-refractivity contribution is 6.39. The number of benzene rings is 1. The van der Waals surface area contributed by atoms with Crippen LogP contribution in [0.4, 0.5) is 11.4 Å². The van der Waals surface area contributed by atoms with Crippen molar-refractivity contribution in [1.29, 1.82) is 0 Å². The number of hydrogen-bond donors (Lipinski definition) is 3. The van der Waals surface area contributed by atoms with Gasteiger partial charge < -0.3 is 16.0 Å². The van der Waals surface area contributed by atoms with Gasteiger partial charge in [0.15, 0.2) is 0 Å². The third kappa shape index (κ3) is 8.55. The Morgan fingerprint density at radius 3 is 1.57 bits per heavy atom. The Morgan fingerprint density at radius 1 is 0.679 bits per heavy atom. The highest BCUT2D eigenvalue weighted by atomic mass is 16.2. The molecule has 28 heavy (non-hydrogen) atoms. The van der Waals surface area contributed by atoms with E-state index in [1.165, 1.54) is 51.9 Å². The van der Waals surface area contributed by atoms with Crippen LogP contribution in [0.5, 0.6) is 0 Å². The zero-order valence-corrected chi connectivity index (χ0v) is 16.9. The van der Waals surface area contributed by atoms with Crippen molar-refractivity contribution >= 4 is 29.1 Å². The third-order valence-corrected chi connectivity index (χ3v) is 5.11. The van der Waals surface area contributed by atoms with Crippen LogP contribution in [-0.4, -0.2) is 23.8 Å². The maximum Gasteiger partial charge on any atom is 0.313 e. The number of anilines is 2. The number of carbonyl (C=O) groups excluding carboxylic acids is 3. The Labute approximate surface area is 167 Å². The van der Waals surface area contributed by atoms with Crippen LogP contribution >= 0.6 is 0 Å². The fourth-order valence-electron chi connectivity index (χ4n) is 3.59. The lowest BCUT2D eigenvalue weighted by atomic mass is 9.98. The molecule has 0 heterocycles. The summed E-state index contributed by atoms with van der Waals surface area (Å²) in [6, 6.07) is 6.75. The van der Waals surface area contributed by atoms with E-state index in [0.717, 1.165) is 25.7 Å². The van der Waals surface area contributed by atoms with Gasteiger partial charge in [0, 0.05) is 24.3 Å². The number of hydrogen-bond acceptors (Lipinski definition) is 3. The normalized spacial score (nSPS) is 16.9. The number of nitrogens with one attached hydrogen (secondary N) is 3. The van der Waals surface area contributed by atoms with Crippen molar-refractivity contribution in [3.8, 4) is 0 Å². The second-order valence-electron chi connectivity index (χ2n) is 7.64. The Kier molecular flexibility index (Phi) is 9.52. The van der Waals surface area contributed by atoms with Crippen LogP contribution in [0.3, 0.4) is 0 Å². The lowest BCUT2D eigenvalue weighted by molar-refractivity contribution is -0.136. The fourth-order valence-corrected chi connectivity index (χ4v) is 3.59. The molecule has 154 valence electrons. The minimum absolute atomic E-state index is 0.0693. The van der Waals surface area contributed by atoms with E-state index < -0.39 is 11.8 Å². The summed E-state index contributed by atoms with van der Waals surface area (Å²) in [4.78, 5) is 35.6. The van der Waals surface area contributed by atoms with Gasteiger partial charge in [0.25, 0.3) is 0 Å². The van der Waals surface area contributed by atoms with Crippen LogP contribution in [0.1, 0.15) is 77.6 Å². The second kappa shape index (κ2) is 12.2. The molecule has 0 atom stereocenters. The van der Waals surface area contributed by atoms with Gasteiger partial charge in [0.1, 0.15) is 0 Å². The van der Waals surface area contributed by atoms with Crippen molar-refractivity contribution in [2.24, 2.45) is 0 Å². The predicted molar refractivity (Wildman–Crippen MR) is 112 cm³/mol. The van der Waals surface area contributed by atoms with Gasteiger partial charge in [-0.1, -0.05) is 57.8 Å². The van der Waals surface area contributed by atoms with Gasteiger partial charge >= 0.3 is 11.8 Å². The van der Waals surface area contributed by atoms with Gasteiger partial charge in [0.05, 0.1) is 0 Å². The van der Waals surface area contributed by atoms with E-state index in [0.29, 0.717) is 11.4 Å². The summed E-state index contributed by atoms with van der Waals surface area (Å²) in [5.74, 6) is -1.39. The van der Waals surface area contributed by atoms with Crippen LogP contribution in [0.2, 0.25) is 0 Å². The summed E-state index contributed by atoms with van der Waals surface area (Å²) in [5, 5.41) is 8.20. The van der Waals surface area contributed by atoms with Crippen molar-refractivity contribution in [2.75, 3.05) is 10.6 Å². The lowest BCUT2D eigenvalue weighted by Gasteiger charge is -2.19. The average molecular weight is 388 g/mol. The first kappa shape index (κ1) is 21.9. The molecule has 3 amide bonds. The lowest BCUT2D eigenvalue weighted by Crippen LogP contribution is -2.41. The highest BCUT2D eigenvalue weighted by Crippen LogP contribution is 2.17. The molecule has 3 N–H and O–H groups in total. The summed E-state index contributed by atoms with van der Waals surface area (Å²) >= 11 is 0. The van der Waals surface area contributed by atoms with E-state index in [2.05, 4.69) is 16.0 Å². The molecule has 0 spiro atoms. The maximum atomic E-state index is 12.3. The molecule has 1 aromatic rings. The molecule has 1 aliphatic carbocycles. The van der Waals surface area contributed by atoms with E-state index >= 15 is 0 Å². The average Bonchev–Trinajstić information content (AvgIpc) is 2.65. The largest absolute Gasteiger partial charge is 0.345 e. The standard InChI is InChI=1S/C22H33N3O3/c1-17(26)23-19-13-15-20(16-14-19)25-22(28)21(27)24-18-11-9-7-5-3-2-4-6-8-10-12-18/h13-16,18H,2-12H2,1H3,(H,23,26)(H,24,27)(H,25,28). The summed E-state index contributed by atoms with van der Waals surface area (Å²) in [6.45, 7) is 1.43. The highest BCUT2D eigenvalue weighted by Gasteiger charge is 2.18. The molecule has 0 bridgehead atoms. The van der Waals surface area contributed by atoms with Gasteiger partial charge in [-0.15, -0.1) is 0 Å². The zero-order chi connectivity index (χ0) is 20.2. The topological polar surface area (TPSA) is 87.3 Å². The maximum absolute atomic E-state index is 12.3. The van der Waals surface area contributed by atoms with E-state index in [1.54, 1.807) is 24.3 Å². The van der Waals surface area contributed by atoms with Crippen molar-refractivity contribution in [3.05, 3.63) is 24.3 Å². The Balaban J connectivity index is 1.83. The van der Waals surface area contributed by atoms with E-state index in [4.69, 9.17) is 0 Å². The molecule has 1 fully saturated rings. The predicted octanol–water partition coefficient (Wildman–Crippen LogP) is 4.37. The Bertz CT molecular complexity index is 631. The molecule has 0 saturated heterocycles. The zero-order valence-electron chi connectivity index (χ0n) is 16.9. The summed E-state index contributed by atoms with van der Waals surface area (Å²) in [5.41, 5.74) is 1.16. The minimum Gasteiger partial charge on any atom is -0.345 e. The van der Waals surface area contributed by atoms with Crippen LogP contribution in [0.15, 0.2) is 24.3 Å². The molecular weight excluding hydrogens is 354 g/mol. The van der Waals surface area contributed by atoms with Crippen molar-refractivity contribution < 1.29 is 14.4 Å². The van der Waals surface area contributed by atoms with Crippen LogP contribution in [-0.2, 0) is 14.4 Å². The molecular formula is C22H33N3O3. The molecule has 0 radical (unpaired) electrons. The molecule has 0 unspecified atom stereocenters. The molecule has 1 aromatic carbocycles. The van der Waals surface area contributed by atoms with E-state index in [-0.39, 0.29) is 11.9 Å². The molecule has 6 nitrogen and oxygen atoms in total. The Hall–Kier alpha value is -2.37. The second-order valence-corrected chi connectivity index (χ2v) is 7.64. The van der Waals surface area contributed by atoms with Gasteiger partial charge in [-0.2, -0.15) is 0 Å². The van der Waals surface area contributed by atoms with Crippen LogP contribution in [0.25, 0.3) is 0 Å². The smallest absolute Gasteiger partial charge is 0.313 e. The van der Waals surface area contributed by atoms with Crippen LogP contribution in [0, 0.1) is 0 Å². The first-order valence-electron chi connectivity index (χ1n) is 10.5. The van der Waals surface area contributed by atoms with Crippen LogP contribution < -0.4 is 16.0 Å². The molecule has 1 aliphatic rings. The van der Waals surface area contributed by atoms with Gasteiger partial charge in [0.2, 0.25) is 5.91 Å². The van der Waals surface area contributed by atoms with Gasteiger partial charge in [-0.3, -0.25) is 14.4 Å². The first-order chi connectivity index (χ1) is 13.5. The Morgan fingerprint density at radius 2 is 1.11 bits per heavy atom. The van der Waals surface area contributed by atoms with Crippen molar-refractivity contribution in [3.63, 3.8) is 0 Å². The molecule has 1 saturated carbocycles. The molecule has 0 aromatic heterocycles. The quantitative estimate of drug-likeness (QED) is 0.673. The van der Waals surface area contributed by atoms with Crippen molar-refractivity contribution in [2.45, 2.75) is 83.6 Å². The molecule has 2 rings (SSSR count). The summed E-state index contributed by atoms with van der Waals surface area (Å²) in [6.07, 6.45) is 12.9. The number of amides is 3. The molecule has 0 aliphatic heterocycles. The number of rotatable bonds is 3. The first-order valence-corrected chi connectivity index (χ1v) is 10.5. The third-order valence-electron chi connectivity index (χ3n) is 5.11. The monoisotopic (exact) mass is 387 g/mol. The SMILES string of the molecule is CC(=O)Nc1ccc(NC(=O)C(=O)NC2CCCCCCCCCCC2)cc1. The van der Waals surface area contributed by atoms with Gasteiger partial charge in [-0.05, 0) is 37.1 Å². The minimum atomic E-state index is -0.654. The van der Waals surface area contributed by atoms with Gasteiger partial charge in [-0.25, -0.2) is 0 Å². The summed E-state index contributed by atoms with van der Waals surface area (Å²) < 4.78 is 0. The van der Waals surface area contributed by atoms with E-state index in [1.807, 2.05) is 0 Å². The number of carbonyl (C=O) groups is 3.